The van der Waals surface area contributed by atoms with Gasteiger partial charge in [0.25, 0.3) is 0 Å². The zero-order chi connectivity index (χ0) is 16.2. The molecule has 2 amide bonds. The number of nitrogens with one attached hydrogen (secondary N) is 2. The molecule has 2 aromatic heterocycles. The van der Waals surface area contributed by atoms with Crippen LogP contribution in [0.25, 0.3) is 11.0 Å². The number of carbonyl (C=O) groups excluding carboxylic acids is 1. The number of carbonyl (C=O) groups is 1. The van der Waals surface area contributed by atoms with Gasteiger partial charge in [0.05, 0.1) is 22.4 Å². The first-order valence-electron chi connectivity index (χ1n) is 7.30. The third-order valence-corrected chi connectivity index (χ3v) is 3.54. The van der Waals surface area contributed by atoms with E-state index >= 15 is 0 Å². The Balaban J connectivity index is 1.68. The second-order valence-corrected chi connectivity index (χ2v) is 5.26. The minimum absolute atomic E-state index is 0.266. The van der Waals surface area contributed by atoms with Gasteiger partial charge in [-0.05, 0) is 49.7 Å². The lowest BCUT2D eigenvalue weighted by Crippen LogP contribution is -2.28. The summed E-state index contributed by atoms with van der Waals surface area (Å²) in [6.07, 6.45) is 3.39. The van der Waals surface area contributed by atoms with Crippen LogP contribution in [0.2, 0.25) is 0 Å². The first-order valence-corrected chi connectivity index (χ1v) is 7.30. The van der Waals surface area contributed by atoms with Crippen molar-refractivity contribution in [2.45, 2.75) is 20.4 Å². The molecule has 2 N–H and O–H groups in total. The number of benzene rings is 1. The predicted molar refractivity (Wildman–Crippen MR) is 89.1 cm³/mol. The molecule has 6 nitrogen and oxygen atoms in total. The lowest BCUT2D eigenvalue weighted by atomic mass is 10.2. The number of nitrogens with zero attached hydrogens (tertiary/aromatic N) is 3. The summed E-state index contributed by atoms with van der Waals surface area (Å²) < 4.78 is 0. The van der Waals surface area contributed by atoms with Crippen LogP contribution < -0.4 is 10.6 Å². The third kappa shape index (κ3) is 3.60. The monoisotopic (exact) mass is 307 g/mol. The molecule has 1 aromatic carbocycles. The Morgan fingerprint density at radius 1 is 1.00 bits per heavy atom. The van der Waals surface area contributed by atoms with Gasteiger partial charge < -0.3 is 10.6 Å². The molecule has 0 unspecified atom stereocenters. The molecule has 0 saturated carbocycles. The van der Waals surface area contributed by atoms with Gasteiger partial charge in [-0.15, -0.1) is 0 Å². The molecule has 2 heterocycles. The summed E-state index contributed by atoms with van der Waals surface area (Å²) in [6.45, 7) is 4.30. The van der Waals surface area contributed by atoms with E-state index in [1.54, 1.807) is 12.4 Å². The van der Waals surface area contributed by atoms with Gasteiger partial charge in [0.1, 0.15) is 0 Å². The standard InChI is InChI=1S/C17H17N5O/c1-11-12(2)21-16-9-14(3-4-15(16)20-11)22-17(23)19-10-13-5-7-18-8-6-13/h3-9H,10H2,1-2H3,(H2,19,22,23). The van der Waals surface area contributed by atoms with Crippen LogP contribution in [0.3, 0.4) is 0 Å². The van der Waals surface area contributed by atoms with Gasteiger partial charge >= 0.3 is 6.03 Å². The van der Waals surface area contributed by atoms with Crippen molar-refractivity contribution in [3.63, 3.8) is 0 Å². The molecule has 0 radical (unpaired) electrons. The number of hydrogen-bond donors (Lipinski definition) is 2. The summed E-state index contributed by atoms with van der Waals surface area (Å²) in [7, 11) is 0. The number of hydrogen-bond acceptors (Lipinski definition) is 4. The van der Waals surface area contributed by atoms with Gasteiger partial charge in [-0.1, -0.05) is 0 Å². The number of urea groups is 1. The lowest BCUT2D eigenvalue weighted by molar-refractivity contribution is 0.251. The van der Waals surface area contributed by atoms with Crippen molar-refractivity contribution in [3.05, 3.63) is 59.7 Å². The number of rotatable bonds is 3. The minimum Gasteiger partial charge on any atom is -0.334 e. The van der Waals surface area contributed by atoms with Crippen molar-refractivity contribution < 1.29 is 4.79 Å². The molecular formula is C17H17N5O. The Bertz CT molecular complexity index is 848. The third-order valence-electron chi connectivity index (χ3n) is 3.54. The topological polar surface area (TPSA) is 79.8 Å². The highest BCUT2D eigenvalue weighted by atomic mass is 16.2. The minimum atomic E-state index is -0.266. The molecule has 3 aromatic rings. The molecule has 0 bridgehead atoms. The van der Waals surface area contributed by atoms with E-state index in [1.807, 2.05) is 44.2 Å². The summed E-state index contributed by atoms with van der Waals surface area (Å²) in [5, 5.41) is 5.61. The fourth-order valence-electron chi connectivity index (χ4n) is 2.17. The lowest BCUT2D eigenvalue weighted by Gasteiger charge is -2.09. The number of pyridine rings is 1. The smallest absolute Gasteiger partial charge is 0.319 e. The maximum Gasteiger partial charge on any atom is 0.319 e. The van der Waals surface area contributed by atoms with Crippen molar-refractivity contribution in [1.29, 1.82) is 0 Å². The van der Waals surface area contributed by atoms with E-state index in [2.05, 4.69) is 25.6 Å². The Morgan fingerprint density at radius 2 is 1.70 bits per heavy atom. The second kappa shape index (κ2) is 6.39. The molecule has 0 saturated heterocycles. The number of amides is 2. The van der Waals surface area contributed by atoms with Crippen molar-refractivity contribution in [2.75, 3.05) is 5.32 Å². The van der Waals surface area contributed by atoms with Crippen LogP contribution in [-0.2, 0) is 6.54 Å². The second-order valence-electron chi connectivity index (χ2n) is 5.26. The molecule has 0 aliphatic rings. The van der Waals surface area contributed by atoms with Crippen molar-refractivity contribution in [1.82, 2.24) is 20.3 Å². The van der Waals surface area contributed by atoms with Crippen LogP contribution >= 0.6 is 0 Å². The van der Waals surface area contributed by atoms with Crippen LogP contribution in [0.5, 0.6) is 0 Å². The van der Waals surface area contributed by atoms with E-state index in [1.165, 1.54) is 0 Å². The Kier molecular flexibility index (Phi) is 4.14. The van der Waals surface area contributed by atoms with Gasteiger partial charge in [0.15, 0.2) is 0 Å². The van der Waals surface area contributed by atoms with Crippen LogP contribution in [0, 0.1) is 13.8 Å². The highest BCUT2D eigenvalue weighted by molar-refractivity contribution is 5.91. The molecule has 0 atom stereocenters. The number of aromatic nitrogens is 3. The largest absolute Gasteiger partial charge is 0.334 e. The Hall–Kier alpha value is -3.02. The zero-order valence-corrected chi connectivity index (χ0v) is 13.0. The van der Waals surface area contributed by atoms with Gasteiger partial charge in [0, 0.05) is 24.6 Å². The van der Waals surface area contributed by atoms with E-state index in [0.717, 1.165) is 28.0 Å². The van der Waals surface area contributed by atoms with Crippen molar-refractivity contribution in [3.8, 4) is 0 Å². The molecule has 0 spiro atoms. The fourth-order valence-corrected chi connectivity index (χ4v) is 2.17. The molecule has 116 valence electrons. The summed E-state index contributed by atoms with van der Waals surface area (Å²) in [4.78, 5) is 24.9. The average molecular weight is 307 g/mol. The first kappa shape index (κ1) is 14.9. The van der Waals surface area contributed by atoms with E-state index in [9.17, 15) is 4.79 Å². The summed E-state index contributed by atoms with van der Waals surface area (Å²) in [5.74, 6) is 0. The predicted octanol–water partition coefficient (Wildman–Crippen LogP) is 2.96. The first-order chi connectivity index (χ1) is 11.1. The Morgan fingerprint density at radius 3 is 2.43 bits per heavy atom. The zero-order valence-electron chi connectivity index (χ0n) is 13.0. The van der Waals surface area contributed by atoms with Crippen LogP contribution in [-0.4, -0.2) is 21.0 Å². The van der Waals surface area contributed by atoms with Gasteiger partial charge in [-0.3, -0.25) is 4.98 Å². The molecule has 23 heavy (non-hydrogen) atoms. The van der Waals surface area contributed by atoms with E-state index < -0.39 is 0 Å². The summed E-state index contributed by atoms with van der Waals surface area (Å²) >= 11 is 0. The van der Waals surface area contributed by atoms with Crippen molar-refractivity contribution >= 4 is 22.8 Å². The van der Waals surface area contributed by atoms with Crippen LogP contribution in [0.1, 0.15) is 17.0 Å². The number of anilines is 1. The highest BCUT2D eigenvalue weighted by Gasteiger charge is 2.05. The molecule has 0 aliphatic heterocycles. The fraction of sp³-hybridized carbons (Fsp3) is 0.176. The summed E-state index contributed by atoms with van der Waals surface area (Å²) in [6, 6.07) is 8.94. The van der Waals surface area contributed by atoms with E-state index in [-0.39, 0.29) is 6.03 Å². The highest BCUT2D eigenvalue weighted by Crippen LogP contribution is 2.17. The maximum absolute atomic E-state index is 12.0. The normalized spacial score (nSPS) is 10.5. The Labute approximate surface area is 134 Å². The van der Waals surface area contributed by atoms with Crippen LogP contribution in [0.4, 0.5) is 10.5 Å². The van der Waals surface area contributed by atoms with Gasteiger partial charge in [-0.25, -0.2) is 14.8 Å². The van der Waals surface area contributed by atoms with Crippen molar-refractivity contribution in [2.24, 2.45) is 0 Å². The molecular weight excluding hydrogens is 290 g/mol. The molecule has 0 fully saturated rings. The number of aryl methyl sites for hydroxylation is 2. The van der Waals surface area contributed by atoms with E-state index in [0.29, 0.717) is 12.2 Å². The summed E-state index contributed by atoms with van der Waals surface area (Å²) in [5.41, 5.74) is 5.05. The molecule has 6 heteroatoms. The number of fused-ring (bicyclic) bond motifs is 1. The maximum atomic E-state index is 12.0. The van der Waals surface area contributed by atoms with Gasteiger partial charge in [0.2, 0.25) is 0 Å². The SMILES string of the molecule is Cc1nc2ccc(NC(=O)NCc3ccncc3)cc2nc1C. The van der Waals surface area contributed by atoms with E-state index in [4.69, 9.17) is 0 Å². The average Bonchev–Trinajstić information content (AvgIpc) is 2.55. The quantitative estimate of drug-likeness (QED) is 0.779. The molecule has 0 aliphatic carbocycles. The van der Waals surface area contributed by atoms with Gasteiger partial charge in [-0.2, -0.15) is 0 Å². The molecule has 3 rings (SSSR count). The van der Waals surface area contributed by atoms with Crippen LogP contribution in [0.15, 0.2) is 42.7 Å².